The van der Waals surface area contributed by atoms with E-state index in [2.05, 4.69) is 15.0 Å². The zero-order valence-electron chi connectivity index (χ0n) is 12.5. The minimum Gasteiger partial charge on any atom is -0.355 e. The van der Waals surface area contributed by atoms with Crippen LogP contribution in [0, 0.1) is 0 Å². The van der Waals surface area contributed by atoms with E-state index in [1.807, 2.05) is 0 Å². The fraction of sp³-hybridized carbons (Fsp3) is 0.286. The Morgan fingerprint density at radius 3 is 2.68 bits per heavy atom. The standard InChI is InChI=1S/C14H12F3N3O3S2/c15-14(16,17)13-19-12(7-24-13)25(22,23)20-10-3-1-2-8(4-10)9-5-11(21)18-6-9/h1-4,7,9,20H,5-6H2,(H,18,21). The van der Waals surface area contributed by atoms with Crippen LogP contribution < -0.4 is 10.0 Å². The van der Waals surface area contributed by atoms with Crippen LogP contribution in [0.5, 0.6) is 0 Å². The van der Waals surface area contributed by atoms with E-state index >= 15 is 0 Å². The van der Waals surface area contributed by atoms with Crippen LogP contribution >= 0.6 is 11.3 Å². The van der Waals surface area contributed by atoms with Crippen molar-refractivity contribution in [3.63, 3.8) is 0 Å². The van der Waals surface area contributed by atoms with Crippen molar-refractivity contribution in [2.75, 3.05) is 11.3 Å². The normalized spacial score (nSPS) is 18.2. The topological polar surface area (TPSA) is 88.2 Å². The molecule has 1 fully saturated rings. The molecule has 0 saturated carbocycles. The minimum absolute atomic E-state index is 0.0759. The molecule has 2 N–H and O–H groups in total. The van der Waals surface area contributed by atoms with Gasteiger partial charge in [0.25, 0.3) is 10.0 Å². The molecule has 1 saturated heterocycles. The third-order valence-corrected chi connectivity index (χ3v) is 5.89. The van der Waals surface area contributed by atoms with E-state index in [0.717, 1.165) is 10.9 Å². The average Bonchev–Trinajstić information content (AvgIpc) is 3.15. The molecule has 0 aliphatic carbocycles. The summed E-state index contributed by atoms with van der Waals surface area (Å²) in [6, 6.07) is 6.40. The summed E-state index contributed by atoms with van der Waals surface area (Å²) in [5.41, 5.74) is 0.950. The van der Waals surface area contributed by atoms with E-state index in [1.165, 1.54) is 6.07 Å². The van der Waals surface area contributed by atoms with Gasteiger partial charge < -0.3 is 5.32 Å². The van der Waals surface area contributed by atoms with Gasteiger partial charge >= 0.3 is 6.18 Å². The molecule has 1 amide bonds. The number of amides is 1. The van der Waals surface area contributed by atoms with Crippen molar-refractivity contribution >= 4 is 33.0 Å². The van der Waals surface area contributed by atoms with Crippen molar-refractivity contribution in [3.05, 3.63) is 40.2 Å². The van der Waals surface area contributed by atoms with Crippen molar-refractivity contribution in [3.8, 4) is 0 Å². The fourth-order valence-corrected chi connectivity index (χ4v) is 4.43. The summed E-state index contributed by atoms with van der Waals surface area (Å²) in [6.45, 7) is 0.454. The zero-order chi connectivity index (χ0) is 18.2. The van der Waals surface area contributed by atoms with Crippen LogP contribution in [0.25, 0.3) is 0 Å². The highest BCUT2D eigenvalue weighted by atomic mass is 32.2. The maximum absolute atomic E-state index is 12.6. The van der Waals surface area contributed by atoms with Gasteiger partial charge in [0.05, 0.1) is 0 Å². The molecule has 2 heterocycles. The number of carbonyl (C=O) groups is 1. The van der Waals surface area contributed by atoms with E-state index in [1.54, 1.807) is 18.2 Å². The molecule has 1 aromatic heterocycles. The molecule has 0 spiro atoms. The number of hydrogen-bond acceptors (Lipinski definition) is 5. The third kappa shape index (κ3) is 3.93. The van der Waals surface area contributed by atoms with Crippen molar-refractivity contribution in [1.82, 2.24) is 10.3 Å². The van der Waals surface area contributed by atoms with Crippen LogP contribution in [0.2, 0.25) is 0 Å². The molecule has 1 aliphatic heterocycles. The lowest BCUT2D eigenvalue weighted by Gasteiger charge is -2.11. The number of aromatic nitrogens is 1. The van der Waals surface area contributed by atoms with Crippen molar-refractivity contribution < 1.29 is 26.4 Å². The van der Waals surface area contributed by atoms with Crippen LogP contribution in [-0.2, 0) is 21.0 Å². The number of sulfonamides is 1. The summed E-state index contributed by atoms with van der Waals surface area (Å²) < 4.78 is 64.4. The largest absolute Gasteiger partial charge is 0.443 e. The Balaban J connectivity index is 1.81. The van der Waals surface area contributed by atoms with Crippen molar-refractivity contribution in [1.29, 1.82) is 0 Å². The first-order chi connectivity index (χ1) is 11.6. The van der Waals surface area contributed by atoms with E-state index in [-0.39, 0.29) is 28.8 Å². The van der Waals surface area contributed by atoms with Gasteiger partial charge in [-0.1, -0.05) is 12.1 Å². The molecule has 2 aromatic rings. The Labute approximate surface area is 145 Å². The van der Waals surface area contributed by atoms with Gasteiger partial charge in [0.1, 0.15) is 0 Å². The van der Waals surface area contributed by atoms with Gasteiger partial charge in [-0.3, -0.25) is 9.52 Å². The molecule has 1 unspecified atom stereocenters. The number of anilines is 1. The first-order valence-electron chi connectivity index (χ1n) is 7.07. The van der Waals surface area contributed by atoms with E-state index in [9.17, 15) is 26.4 Å². The molecule has 1 aromatic carbocycles. The monoisotopic (exact) mass is 391 g/mol. The lowest BCUT2D eigenvalue weighted by Crippen LogP contribution is -2.15. The Kier molecular flexibility index (Phi) is 4.45. The molecule has 25 heavy (non-hydrogen) atoms. The summed E-state index contributed by atoms with van der Waals surface area (Å²) in [4.78, 5) is 14.4. The molecule has 0 radical (unpaired) electrons. The second-order valence-corrected chi connectivity index (χ2v) is 7.91. The van der Waals surface area contributed by atoms with Gasteiger partial charge in [-0.15, -0.1) is 11.3 Å². The summed E-state index contributed by atoms with van der Waals surface area (Å²) in [5, 5.41) is 1.62. The molecular weight excluding hydrogens is 379 g/mol. The third-order valence-electron chi connectivity index (χ3n) is 3.59. The highest BCUT2D eigenvalue weighted by Gasteiger charge is 2.36. The minimum atomic E-state index is -4.69. The lowest BCUT2D eigenvalue weighted by molar-refractivity contribution is -0.137. The molecule has 0 bridgehead atoms. The molecule has 1 aliphatic rings. The molecular formula is C14H12F3N3O3S2. The van der Waals surface area contributed by atoms with Crippen LogP contribution in [0.3, 0.4) is 0 Å². The number of alkyl halides is 3. The smallest absolute Gasteiger partial charge is 0.355 e. The summed E-state index contributed by atoms with van der Waals surface area (Å²) in [7, 11) is -4.24. The maximum Gasteiger partial charge on any atom is 0.443 e. The van der Waals surface area contributed by atoms with E-state index < -0.39 is 26.2 Å². The Bertz CT molecular complexity index is 909. The van der Waals surface area contributed by atoms with Gasteiger partial charge in [-0.2, -0.15) is 21.6 Å². The molecule has 11 heteroatoms. The SMILES string of the molecule is O=C1CC(c2cccc(NS(=O)(=O)c3csc(C(F)(F)F)n3)c2)CN1. The Morgan fingerprint density at radius 2 is 2.08 bits per heavy atom. The van der Waals surface area contributed by atoms with Crippen molar-refractivity contribution in [2.24, 2.45) is 0 Å². The average molecular weight is 391 g/mol. The summed E-state index contributed by atoms with van der Waals surface area (Å²) in [5.74, 6) is -0.161. The Hall–Kier alpha value is -2.14. The van der Waals surface area contributed by atoms with Gasteiger partial charge in [0.15, 0.2) is 10.0 Å². The predicted octanol–water partition coefficient (Wildman–Crippen LogP) is 2.57. The quantitative estimate of drug-likeness (QED) is 0.839. The summed E-state index contributed by atoms with van der Waals surface area (Å²) in [6.07, 6.45) is -4.39. The number of hydrogen-bond donors (Lipinski definition) is 2. The van der Waals surface area contributed by atoms with Crippen molar-refractivity contribution in [2.45, 2.75) is 23.5 Å². The van der Waals surface area contributed by atoms with Gasteiger partial charge in [-0.25, -0.2) is 4.98 Å². The first-order valence-corrected chi connectivity index (χ1v) is 9.43. The number of halogens is 3. The number of benzene rings is 1. The van der Waals surface area contributed by atoms with Crippen LogP contribution in [0.4, 0.5) is 18.9 Å². The number of nitrogens with one attached hydrogen (secondary N) is 2. The maximum atomic E-state index is 12.6. The summed E-state index contributed by atoms with van der Waals surface area (Å²) >= 11 is 0.217. The molecule has 134 valence electrons. The van der Waals surface area contributed by atoms with E-state index in [4.69, 9.17) is 0 Å². The molecule has 3 rings (SSSR count). The van der Waals surface area contributed by atoms with Gasteiger partial charge in [-0.05, 0) is 17.7 Å². The second kappa shape index (κ2) is 6.30. The van der Waals surface area contributed by atoms with Crippen LogP contribution in [0.15, 0.2) is 34.7 Å². The predicted molar refractivity (Wildman–Crippen MR) is 84.7 cm³/mol. The van der Waals surface area contributed by atoms with Gasteiger partial charge in [0.2, 0.25) is 5.91 Å². The highest BCUT2D eigenvalue weighted by molar-refractivity contribution is 7.92. The van der Waals surface area contributed by atoms with Gasteiger partial charge in [0, 0.05) is 30.0 Å². The van der Waals surface area contributed by atoms with E-state index in [0.29, 0.717) is 13.0 Å². The molecule has 6 nitrogen and oxygen atoms in total. The van der Waals surface area contributed by atoms with Crippen LogP contribution in [-0.4, -0.2) is 25.9 Å². The van der Waals surface area contributed by atoms with Crippen LogP contribution in [0.1, 0.15) is 22.9 Å². The first kappa shape index (κ1) is 17.7. The second-order valence-electron chi connectivity index (χ2n) is 5.42. The Morgan fingerprint density at radius 1 is 1.32 bits per heavy atom. The number of rotatable bonds is 4. The number of nitrogens with zero attached hydrogens (tertiary/aromatic N) is 1. The fourth-order valence-electron chi connectivity index (χ4n) is 2.42. The zero-order valence-corrected chi connectivity index (χ0v) is 14.1. The molecule has 1 atom stereocenters. The number of thiazole rings is 1. The number of carbonyl (C=O) groups excluding carboxylic acids is 1. The lowest BCUT2D eigenvalue weighted by atomic mass is 9.98. The highest BCUT2D eigenvalue weighted by Crippen LogP contribution is 2.33.